The van der Waals surface area contributed by atoms with Crippen molar-refractivity contribution in [2.24, 2.45) is 0 Å². The molecule has 0 bridgehead atoms. The van der Waals surface area contributed by atoms with Gasteiger partial charge in [0, 0.05) is 28.2 Å². The maximum absolute atomic E-state index is 4.63. The van der Waals surface area contributed by atoms with Gasteiger partial charge in [-0.3, -0.25) is 0 Å². The summed E-state index contributed by atoms with van der Waals surface area (Å²) in [6.45, 7) is 11.6. The van der Waals surface area contributed by atoms with Crippen LogP contribution in [0.15, 0.2) is 65.7 Å². The molecule has 0 unspecified atom stereocenters. The van der Waals surface area contributed by atoms with Crippen molar-refractivity contribution in [3.8, 4) is 0 Å². The van der Waals surface area contributed by atoms with Gasteiger partial charge in [-0.2, -0.15) is 0 Å². The molecule has 2 aliphatic rings. The van der Waals surface area contributed by atoms with Crippen molar-refractivity contribution in [3.63, 3.8) is 0 Å². The summed E-state index contributed by atoms with van der Waals surface area (Å²) in [4.78, 5) is 6.55. The van der Waals surface area contributed by atoms with Gasteiger partial charge in [0.2, 0.25) is 0 Å². The summed E-state index contributed by atoms with van der Waals surface area (Å²) in [5, 5.41) is 0. The van der Waals surface area contributed by atoms with Gasteiger partial charge in [0.15, 0.2) is 0 Å². The molecule has 2 aliphatic heterocycles. The van der Waals surface area contributed by atoms with Crippen molar-refractivity contribution in [1.82, 2.24) is 4.90 Å². The summed E-state index contributed by atoms with van der Waals surface area (Å²) < 4.78 is 0. The van der Waals surface area contributed by atoms with Crippen molar-refractivity contribution in [1.29, 1.82) is 0 Å². The second-order valence-electron chi connectivity index (χ2n) is 8.84. The van der Waals surface area contributed by atoms with Crippen molar-refractivity contribution < 1.29 is 0 Å². The van der Waals surface area contributed by atoms with Crippen LogP contribution in [-0.4, -0.2) is 37.3 Å². The number of fused-ring (bicyclic) bond motifs is 2. The normalized spacial score (nSPS) is 18.2. The lowest BCUT2D eigenvalue weighted by atomic mass is 9.72. The zero-order valence-corrected chi connectivity index (χ0v) is 19.5. The van der Waals surface area contributed by atoms with Crippen LogP contribution in [0.5, 0.6) is 0 Å². The molecular weight excluding hydrogens is 384 g/mol. The van der Waals surface area contributed by atoms with Crippen LogP contribution in [-0.2, 0) is 11.8 Å². The van der Waals surface area contributed by atoms with Crippen LogP contribution < -0.4 is 4.90 Å². The van der Waals surface area contributed by atoms with E-state index < -0.39 is 0 Å². The molecule has 160 valence electrons. The fraction of sp³-hybridized carbons (Fsp3) is 0.481. The van der Waals surface area contributed by atoms with Gasteiger partial charge in [-0.25, -0.2) is 0 Å². The topological polar surface area (TPSA) is 6.48 Å². The SMILES string of the molecule is C=C1N(CCCC)c2ccccc2C12CCN(CCCc1ccc(SC)cc1)CC2. The average molecular weight is 421 g/mol. The van der Waals surface area contributed by atoms with E-state index in [0.717, 1.165) is 6.54 Å². The van der Waals surface area contributed by atoms with E-state index in [0.29, 0.717) is 0 Å². The van der Waals surface area contributed by atoms with Gasteiger partial charge in [-0.1, -0.05) is 50.3 Å². The van der Waals surface area contributed by atoms with Gasteiger partial charge in [-0.15, -0.1) is 11.8 Å². The molecule has 4 rings (SSSR count). The second kappa shape index (κ2) is 9.62. The highest BCUT2D eigenvalue weighted by Crippen LogP contribution is 2.52. The molecule has 1 spiro atoms. The molecule has 2 heterocycles. The standard InChI is InChI=1S/C27H36N2S/c1-4-5-19-29-22(2)27(25-10-6-7-11-26(25)29)16-20-28(21-17-27)18-8-9-23-12-14-24(30-3)15-13-23/h6-7,10-15H,2,4-5,8-9,16-21H2,1,3H3. The maximum Gasteiger partial charge on any atom is 0.0450 e. The van der Waals surface area contributed by atoms with E-state index in [1.807, 2.05) is 11.8 Å². The number of rotatable bonds is 8. The Kier molecular flexibility index (Phi) is 6.90. The van der Waals surface area contributed by atoms with Crippen molar-refractivity contribution in [2.45, 2.75) is 55.8 Å². The predicted octanol–water partition coefficient (Wildman–Crippen LogP) is 6.51. The summed E-state index contributed by atoms with van der Waals surface area (Å²) in [5.41, 5.74) is 5.92. The van der Waals surface area contributed by atoms with E-state index in [-0.39, 0.29) is 5.41 Å². The minimum absolute atomic E-state index is 0.161. The molecule has 0 saturated carbocycles. The zero-order valence-electron chi connectivity index (χ0n) is 18.7. The Balaban J connectivity index is 1.35. The average Bonchev–Trinajstić information content (AvgIpc) is 3.02. The first-order chi connectivity index (χ1) is 14.7. The minimum atomic E-state index is 0.161. The molecule has 30 heavy (non-hydrogen) atoms. The van der Waals surface area contributed by atoms with Crippen LogP contribution >= 0.6 is 11.8 Å². The molecule has 3 heteroatoms. The maximum atomic E-state index is 4.63. The highest BCUT2D eigenvalue weighted by atomic mass is 32.2. The number of para-hydroxylation sites is 1. The highest BCUT2D eigenvalue weighted by Gasteiger charge is 2.47. The summed E-state index contributed by atoms with van der Waals surface area (Å²) >= 11 is 1.81. The molecule has 0 N–H and O–H groups in total. The van der Waals surface area contributed by atoms with Gasteiger partial charge in [0.25, 0.3) is 0 Å². The van der Waals surface area contributed by atoms with Crippen LogP contribution in [0, 0.1) is 0 Å². The lowest BCUT2D eigenvalue weighted by Crippen LogP contribution is -2.44. The lowest BCUT2D eigenvalue weighted by molar-refractivity contribution is 0.178. The number of hydrogen-bond acceptors (Lipinski definition) is 3. The predicted molar refractivity (Wildman–Crippen MR) is 132 cm³/mol. The highest BCUT2D eigenvalue weighted by molar-refractivity contribution is 7.98. The smallest absolute Gasteiger partial charge is 0.0450 e. The summed E-state index contributed by atoms with van der Waals surface area (Å²) in [5.74, 6) is 0. The Bertz CT molecular complexity index is 849. The number of likely N-dealkylation sites (tertiary alicyclic amines) is 1. The molecule has 0 aliphatic carbocycles. The van der Waals surface area contributed by atoms with Crippen LogP contribution in [0.2, 0.25) is 0 Å². The summed E-state index contributed by atoms with van der Waals surface area (Å²) in [6.07, 6.45) is 9.42. The number of aryl methyl sites for hydroxylation is 1. The molecule has 0 radical (unpaired) electrons. The van der Waals surface area contributed by atoms with Crippen molar-refractivity contribution >= 4 is 17.4 Å². The van der Waals surface area contributed by atoms with Crippen molar-refractivity contribution in [2.75, 3.05) is 37.3 Å². The third kappa shape index (κ3) is 4.20. The number of benzene rings is 2. The number of hydrogen-bond donors (Lipinski definition) is 0. The molecule has 1 fully saturated rings. The Morgan fingerprint density at radius 1 is 0.967 bits per heavy atom. The number of nitrogens with zero attached hydrogens (tertiary/aromatic N) is 2. The quantitative estimate of drug-likeness (QED) is 0.450. The van der Waals surface area contributed by atoms with Gasteiger partial charge in [0.05, 0.1) is 0 Å². The molecule has 0 amide bonds. The third-order valence-corrected chi connectivity index (χ3v) is 7.88. The summed E-state index contributed by atoms with van der Waals surface area (Å²) in [6, 6.07) is 18.1. The zero-order chi connectivity index (χ0) is 21.0. The molecule has 2 aromatic rings. The van der Waals surface area contributed by atoms with E-state index in [1.54, 1.807) is 0 Å². The van der Waals surface area contributed by atoms with Gasteiger partial charge >= 0.3 is 0 Å². The first-order valence-electron chi connectivity index (χ1n) is 11.6. The fourth-order valence-electron chi connectivity index (χ4n) is 5.26. The van der Waals surface area contributed by atoms with Crippen LogP contribution in [0.25, 0.3) is 0 Å². The van der Waals surface area contributed by atoms with E-state index in [1.165, 1.54) is 85.6 Å². The fourth-order valence-corrected chi connectivity index (χ4v) is 5.67. The lowest BCUT2D eigenvalue weighted by Gasteiger charge is -2.41. The Morgan fingerprint density at radius 3 is 2.40 bits per heavy atom. The van der Waals surface area contributed by atoms with Crippen LogP contribution in [0.4, 0.5) is 5.69 Å². The molecule has 2 nitrogen and oxygen atoms in total. The molecule has 1 saturated heterocycles. The van der Waals surface area contributed by atoms with E-state index >= 15 is 0 Å². The number of piperidine rings is 1. The van der Waals surface area contributed by atoms with E-state index in [4.69, 9.17) is 0 Å². The number of unbranched alkanes of at least 4 members (excludes halogenated alkanes) is 1. The molecule has 2 aromatic carbocycles. The van der Waals surface area contributed by atoms with Gasteiger partial charge < -0.3 is 9.80 Å². The molecular formula is C27H36N2S. The monoisotopic (exact) mass is 420 g/mol. The van der Waals surface area contributed by atoms with E-state index in [9.17, 15) is 0 Å². The van der Waals surface area contributed by atoms with Crippen molar-refractivity contribution in [3.05, 3.63) is 71.9 Å². The Labute approximate surface area is 187 Å². The molecule has 0 aromatic heterocycles. The number of anilines is 1. The van der Waals surface area contributed by atoms with E-state index in [2.05, 4.69) is 78.1 Å². The number of thioether (sulfide) groups is 1. The summed E-state index contributed by atoms with van der Waals surface area (Å²) in [7, 11) is 0. The Morgan fingerprint density at radius 2 is 1.70 bits per heavy atom. The number of allylic oxidation sites excluding steroid dienone is 1. The minimum Gasteiger partial charge on any atom is -0.345 e. The van der Waals surface area contributed by atoms with Gasteiger partial charge in [0.1, 0.15) is 0 Å². The first-order valence-corrected chi connectivity index (χ1v) is 12.8. The first kappa shape index (κ1) is 21.5. The van der Waals surface area contributed by atoms with Crippen LogP contribution in [0.1, 0.15) is 50.2 Å². The largest absolute Gasteiger partial charge is 0.345 e. The van der Waals surface area contributed by atoms with Crippen LogP contribution in [0.3, 0.4) is 0 Å². The second-order valence-corrected chi connectivity index (χ2v) is 9.72. The molecule has 0 atom stereocenters. The Hall–Kier alpha value is -1.71. The van der Waals surface area contributed by atoms with Gasteiger partial charge in [-0.05, 0) is 87.3 Å². The third-order valence-electron chi connectivity index (χ3n) is 7.13.